The van der Waals surface area contributed by atoms with Gasteiger partial charge in [-0.1, -0.05) is 0 Å². The predicted octanol–water partition coefficient (Wildman–Crippen LogP) is 1.20. The number of hydrogen-bond donors (Lipinski definition) is 0. The Morgan fingerprint density at radius 2 is 1.80 bits per heavy atom. The van der Waals surface area contributed by atoms with Crippen LogP contribution in [0.3, 0.4) is 0 Å². The largest absolute Gasteiger partial charge is 0.368 e. The van der Waals surface area contributed by atoms with Crippen molar-refractivity contribution in [2.24, 2.45) is 5.92 Å². The molecule has 0 aromatic heterocycles. The summed E-state index contributed by atoms with van der Waals surface area (Å²) >= 11 is 0. The van der Waals surface area contributed by atoms with Crippen molar-refractivity contribution in [1.82, 2.24) is 5.06 Å². The van der Waals surface area contributed by atoms with E-state index >= 15 is 0 Å². The minimum absolute atomic E-state index is 0. The van der Waals surface area contributed by atoms with Gasteiger partial charge in [-0.3, -0.25) is 4.79 Å². The maximum Gasteiger partial charge on any atom is 0.328 e. The van der Waals surface area contributed by atoms with Gasteiger partial charge in [0.2, 0.25) is 0 Å². The summed E-state index contributed by atoms with van der Waals surface area (Å²) in [5.74, 6) is -2.81. The molecule has 15 heavy (non-hydrogen) atoms. The fourth-order valence-electron chi connectivity index (χ4n) is 1.43. The zero-order valence-corrected chi connectivity index (χ0v) is 10.8. The zero-order valence-electron chi connectivity index (χ0n) is 8.84. The number of alkyl halides is 2. The average molecular weight is 228 g/mol. The first-order chi connectivity index (χ1) is 6.57. The standard InChI is InChI=1S/C9H13F2NO2.Na/c10-9(11)3-5-12(6-4-9)14-8(13)7-1-2-7;/h7H,1-6H2;. The van der Waals surface area contributed by atoms with Crippen LogP contribution in [-0.2, 0) is 9.63 Å². The summed E-state index contributed by atoms with van der Waals surface area (Å²) in [4.78, 5) is 16.2. The number of rotatable bonds is 2. The Morgan fingerprint density at radius 3 is 2.27 bits per heavy atom. The molecule has 2 aliphatic rings. The number of hydrogen-bond acceptors (Lipinski definition) is 3. The van der Waals surface area contributed by atoms with Gasteiger partial charge in [0.15, 0.2) is 0 Å². The number of hydroxylamine groups is 2. The molecule has 1 saturated carbocycles. The van der Waals surface area contributed by atoms with E-state index in [9.17, 15) is 13.6 Å². The van der Waals surface area contributed by atoms with Crippen molar-refractivity contribution in [1.29, 1.82) is 0 Å². The molecule has 0 bridgehead atoms. The van der Waals surface area contributed by atoms with Crippen LogP contribution in [0.2, 0.25) is 0 Å². The second-order valence-corrected chi connectivity index (χ2v) is 3.97. The smallest absolute Gasteiger partial charge is 0.328 e. The molecule has 0 spiro atoms. The van der Waals surface area contributed by atoms with E-state index in [0.29, 0.717) is 0 Å². The normalized spacial score (nSPS) is 25.5. The van der Waals surface area contributed by atoms with Crippen LogP contribution in [0, 0.1) is 5.92 Å². The Kier molecular flexibility index (Phi) is 4.52. The van der Waals surface area contributed by atoms with Crippen molar-refractivity contribution >= 4 is 35.5 Å². The molecule has 1 radical (unpaired) electrons. The molecule has 0 atom stereocenters. The SMILES string of the molecule is O=C(ON1CCC(F)(F)CC1)C1CC1.[Na]. The summed E-state index contributed by atoms with van der Waals surface area (Å²) < 4.78 is 25.4. The number of halogens is 2. The van der Waals surface area contributed by atoms with Gasteiger partial charge in [0, 0.05) is 55.5 Å². The van der Waals surface area contributed by atoms with Crippen LogP contribution in [0.25, 0.3) is 0 Å². The molecule has 1 heterocycles. The monoisotopic (exact) mass is 228 g/mol. The van der Waals surface area contributed by atoms with Gasteiger partial charge in [0.05, 0.1) is 5.92 Å². The Balaban J connectivity index is 0.00000112. The quantitative estimate of drug-likeness (QED) is 0.665. The van der Waals surface area contributed by atoms with Crippen LogP contribution in [-0.4, -0.2) is 59.6 Å². The van der Waals surface area contributed by atoms with Crippen LogP contribution in [0.1, 0.15) is 25.7 Å². The molecule has 6 heteroatoms. The Hall–Kier alpha value is 0.290. The maximum absolute atomic E-state index is 12.7. The van der Waals surface area contributed by atoms with Gasteiger partial charge in [-0.2, -0.15) is 0 Å². The van der Waals surface area contributed by atoms with E-state index in [4.69, 9.17) is 4.84 Å². The third-order valence-electron chi connectivity index (χ3n) is 2.58. The number of carbonyl (C=O) groups is 1. The molecule has 0 unspecified atom stereocenters. The topological polar surface area (TPSA) is 29.5 Å². The number of nitrogens with zero attached hydrogens (tertiary/aromatic N) is 1. The van der Waals surface area contributed by atoms with Crippen molar-refractivity contribution in [3.05, 3.63) is 0 Å². The minimum atomic E-state index is -2.58. The average Bonchev–Trinajstić information content (AvgIpc) is 2.91. The first-order valence-corrected chi connectivity index (χ1v) is 4.91. The molecular formula is C9H13F2NNaO2. The minimum Gasteiger partial charge on any atom is -0.368 e. The first kappa shape index (κ1) is 13.4. The van der Waals surface area contributed by atoms with E-state index in [1.54, 1.807) is 0 Å². The molecule has 1 aliphatic heterocycles. The van der Waals surface area contributed by atoms with E-state index in [1.165, 1.54) is 5.06 Å². The first-order valence-electron chi connectivity index (χ1n) is 4.91. The summed E-state index contributed by atoms with van der Waals surface area (Å²) in [5, 5.41) is 1.36. The summed E-state index contributed by atoms with van der Waals surface area (Å²) in [5.41, 5.74) is 0. The number of carbonyl (C=O) groups excluding carboxylic acids is 1. The molecule has 2 fully saturated rings. The van der Waals surface area contributed by atoms with Gasteiger partial charge >= 0.3 is 5.97 Å². The van der Waals surface area contributed by atoms with Gasteiger partial charge < -0.3 is 4.84 Å². The van der Waals surface area contributed by atoms with Crippen LogP contribution in [0.15, 0.2) is 0 Å². The summed E-state index contributed by atoms with van der Waals surface area (Å²) in [6, 6.07) is 0. The predicted molar refractivity (Wildman–Crippen MR) is 50.3 cm³/mol. The summed E-state index contributed by atoms with van der Waals surface area (Å²) in [7, 11) is 0. The molecule has 1 aliphatic carbocycles. The van der Waals surface area contributed by atoms with Crippen molar-refractivity contribution in [3.63, 3.8) is 0 Å². The van der Waals surface area contributed by atoms with Crippen molar-refractivity contribution in [2.45, 2.75) is 31.6 Å². The van der Waals surface area contributed by atoms with Crippen molar-refractivity contribution in [3.8, 4) is 0 Å². The van der Waals surface area contributed by atoms with Crippen molar-refractivity contribution < 1.29 is 18.4 Å². The van der Waals surface area contributed by atoms with Gasteiger partial charge in [-0.15, -0.1) is 5.06 Å². The Labute approximate surface area is 109 Å². The molecule has 0 N–H and O–H groups in total. The second-order valence-electron chi connectivity index (χ2n) is 3.97. The zero-order chi connectivity index (χ0) is 10.2. The van der Waals surface area contributed by atoms with Gasteiger partial charge in [-0.05, 0) is 12.8 Å². The second kappa shape index (κ2) is 5.08. The molecule has 81 valence electrons. The third kappa shape index (κ3) is 3.98. The Morgan fingerprint density at radius 1 is 1.27 bits per heavy atom. The number of piperidine rings is 1. The van der Waals surface area contributed by atoms with E-state index in [0.717, 1.165) is 12.8 Å². The molecule has 0 amide bonds. The summed E-state index contributed by atoms with van der Waals surface area (Å²) in [6.45, 7) is 0.289. The molecule has 0 aromatic rings. The van der Waals surface area contributed by atoms with Gasteiger partial charge in [-0.25, -0.2) is 8.78 Å². The van der Waals surface area contributed by atoms with Crippen molar-refractivity contribution in [2.75, 3.05) is 13.1 Å². The van der Waals surface area contributed by atoms with Crippen LogP contribution < -0.4 is 0 Å². The van der Waals surface area contributed by atoms with E-state index in [2.05, 4.69) is 0 Å². The van der Waals surface area contributed by atoms with E-state index < -0.39 is 5.92 Å². The third-order valence-corrected chi connectivity index (χ3v) is 2.58. The molecule has 1 saturated heterocycles. The molecule has 3 nitrogen and oxygen atoms in total. The molecular weight excluding hydrogens is 215 g/mol. The van der Waals surface area contributed by atoms with Crippen LogP contribution in [0.4, 0.5) is 8.78 Å². The van der Waals surface area contributed by atoms with E-state index in [-0.39, 0.29) is 67.4 Å². The van der Waals surface area contributed by atoms with E-state index in [1.807, 2.05) is 0 Å². The van der Waals surface area contributed by atoms with Gasteiger partial charge in [0.25, 0.3) is 5.92 Å². The molecule has 2 rings (SSSR count). The molecule has 0 aromatic carbocycles. The Bertz CT molecular complexity index is 236. The summed E-state index contributed by atoms with van der Waals surface area (Å²) in [6.07, 6.45) is 1.32. The fourth-order valence-corrected chi connectivity index (χ4v) is 1.43. The van der Waals surface area contributed by atoms with Crippen LogP contribution >= 0.6 is 0 Å². The fraction of sp³-hybridized carbons (Fsp3) is 0.889. The van der Waals surface area contributed by atoms with Gasteiger partial charge in [0.1, 0.15) is 0 Å². The maximum atomic E-state index is 12.7. The van der Waals surface area contributed by atoms with Crippen LogP contribution in [0.5, 0.6) is 0 Å².